The number of fused-ring (bicyclic) bond motifs is 3. The molecule has 0 bridgehead atoms. The van der Waals surface area contributed by atoms with E-state index in [1.807, 2.05) is 0 Å². The van der Waals surface area contributed by atoms with Crippen LogP contribution in [0.4, 0.5) is 17.6 Å². The summed E-state index contributed by atoms with van der Waals surface area (Å²) in [5, 5.41) is 1.83. The van der Waals surface area contributed by atoms with Crippen LogP contribution in [0.5, 0.6) is 0 Å². The molecule has 181 valence electrons. The molecule has 1 aromatic heterocycles. The molecule has 3 nitrogen and oxygen atoms in total. The summed E-state index contributed by atoms with van der Waals surface area (Å²) in [7, 11) is 0. The molecule has 0 unspecified atom stereocenters. The topological polar surface area (TPSA) is 48.0 Å². The van der Waals surface area contributed by atoms with Gasteiger partial charge in [0.1, 0.15) is 5.82 Å². The Kier molecular flexibility index (Phi) is 5.93. The van der Waals surface area contributed by atoms with Crippen LogP contribution < -0.4 is 5.73 Å². The SMILES string of the molecule is NC(=O)c1cccc2c1c1[c]cc(-c3ccc(Cl)cc3Cl)cc1n2Cc1cccc(C(F)(F)F)c1F. The second-order valence-corrected chi connectivity index (χ2v) is 9.04. The number of halogens is 6. The van der Waals surface area contributed by atoms with E-state index >= 15 is 0 Å². The smallest absolute Gasteiger partial charge is 0.366 e. The summed E-state index contributed by atoms with van der Waals surface area (Å²) in [5.74, 6) is -2.03. The molecule has 0 aliphatic heterocycles. The monoisotopic (exact) mass is 529 g/mol. The average molecular weight is 530 g/mol. The van der Waals surface area contributed by atoms with Crippen molar-refractivity contribution < 1.29 is 22.4 Å². The van der Waals surface area contributed by atoms with Gasteiger partial charge in [-0.25, -0.2) is 4.39 Å². The molecule has 0 aliphatic carbocycles. The first-order valence-electron chi connectivity index (χ1n) is 10.6. The Hall–Kier alpha value is -3.55. The first kappa shape index (κ1) is 24.2. The third kappa shape index (κ3) is 4.08. The maximum Gasteiger partial charge on any atom is 0.419 e. The van der Waals surface area contributed by atoms with Crippen LogP contribution in [-0.2, 0) is 12.7 Å². The summed E-state index contributed by atoms with van der Waals surface area (Å²) in [5.41, 5.74) is 6.62. The van der Waals surface area contributed by atoms with Crippen LogP contribution in [0.25, 0.3) is 32.9 Å². The zero-order valence-electron chi connectivity index (χ0n) is 18.3. The van der Waals surface area contributed by atoms with Gasteiger partial charge in [-0.15, -0.1) is 0 Å². The minimum Gasteiger partial charge on any atom is -0.366 e. The molecule has 4 aromatic carbocycles. The van der Waals surface area contributed by atoms with Gasteiger partial charge in [0, 0.05) is 37.5 Å². The van der Waals surface area contributed by atoms with Gasteiger partial charge in [0.25, 0.3) is 0 Å². The van der Waals surface area contributed by atoms with Gasteiger partial charge in [-0.2, -0.15) is 13.2 Å². The summed E-state index contributed by atoms with van der Waals surface area (Å²) in [6.45, 7) is -0.233. The van der Waals surface area contributed by atoms with Crippen molar-refractivity contribution in [3.05, 3.63) is 105 Å². The van der Waals surface area contributed by atoms with Crippen LogP contribution in [0.3, 0.4) is 0 Å². The number of carbonyl (C=O) groups is 1. The lowest BCUT2D eigenvalue weighted by Crippen LogP contribution is -2.12. The van der Waals surface area contributed by atoms with Gasteiger partial charge >= 0.3 is 6.18 Å². The molecule has 0 atom stereocenters. The first-order chi connectivity index (χ1) is 17.1. The van der Waals surface area contributed by atoms with Crippen molar-refractivity contribution in [2.75, 3.05) is 0 Å². The summed E-state index contributed by atoms with van der Waals surface area (Å²) in [6.07, 6.45) is -4.84. The van der Waals surface area contributed by atoms with E-state index in [9.17, 15) is 22.4 Å². The fourth-order valence-corrected chi connectivity index (χ4v) is 4.92. The normalized spacial score (nSPS) is 11.9. The molecule has 1 amide bonds. The quantitative estimate of drug-likeness (QED) is 0.236. The summed E-state index contributed by atoms with van der Waals surface area (Å²) >= 11 is 12.4. The van der Waals surface area contributed by atoms with Gasteiger partial charge in [0.15, 0.2) is 0 Å². The van der Waals surface area contributed by atoms with Crippen LogP contribution in [-0.4, -0.2) is 10.5 Å². The molecule has 0 spiro atoms. The van der Waals surface area contributed by atoms with Crippen molar-refractivity contribution in [1.82, 2.24) is 4.57 Å². The fraction of sp³-hybridized carbons (Fsp3) is 0.0741. The highest BCUT2D eigenvalue weighted by Gasteiger charge is 2.35. The zero-order valence-corrected chi connectivity index (χ0v) is 19.8. The van der Waals surface area contributed by atoms with Gasteiger partial charge in [-0.3, -0.25) is 4.79 Å². The van der Waals surface area contributed by atoms with E-state index in [1.165, 1.54) is 6.07 Å². The number of primary amides is 1. The predicted molar refractivity (Wildman–Crippen MR) is 133 cm³/mol. The Labute approximate surface area is 212 Å². The Morgan fingerprint density at radius 3 is 2.44 bits per heavy atom. The highest BCUT2D eigenvalue weighted by Crippen LogP contribution is 2.38. The van der Waals surface area contributed by atoms with E-state index in [1.54, 1.807) is 53.1 Å². The predicted octanol–water partition coefficient (Wildman–Crippen LogP) is 7.87. The van der Waals surface area contributed by atoms with E-state index in [2.05, 4.69) is 6.07 Å². The first-order valence-corrected chi connectivity index (χ1v) is 11.4. The number of hydrogen-bond donors (Lipinski definition) is 1. The number of hydrogen-bond acceptors (Lipinski definition) is 1. The Balaban J connectivity index is 1.80. The van der Waals surface area contributed by atoms with Crippen molar-refractivity contribution in [3.8, 4) is 11.1 Å². The average Bonchev–Trinajstić information content (AvgIpc) is 3.12. The largest absolute Gasteiger partial charge is 0.419 e. The molecular formula is C27H15Cl2F4N2O. The minimum absolute atomic E-state index is 0.164. The Bertz CT molecular complexity index is 1670. The number of benzene rings is 4. The molecule has 0 saturated heterocycles. The van der Waals surface area contributed by atoms with E-state index in [-0.39, 0.29) is 17.7 Å². The maximum absolute atomic E-state index is 15.0. The van der Waals surface area contributed by atoms with Gasteiger partial charge in [-0.1, -0.05) is 47.5 Å². The molecule has 0 aliphatic rings. The lowest BCUT2D eigenvalue weighted by atomic mass is 10.0. The van der Waals surface area contributed by atoms with Gasteiger partial charge < -0.3 is 10.3 Å². The molecule has 2 N–H and O–H groups in total. The molecule has 1 heterocycles. The van der Waals surface area contributed by atoms with E-state index in [4.69, 9.17) is 28.9 Å². The minimum atomic E-state index is -4.84. The molecule has 0 fully saturated rings. The summed E-state index contributed by atoms with van der Waals surface area (Å²) in [4.78, 5) is 12.2. The number of amides is 1. The molecule has 5 aromatic rings. The lowest BCUT2D eigenvalue weighted by Gasteiger charge is -2.14. The van der Waals surface area contributed by atoms with Crippen molar-refractivity contribution in [3.63, 3.8) is 0 Å². The number of rotatable bonds is 4. The van der Waals surface area contributed by atoms with Crippen LogP contribution in [0.15, 0.2) is 66.7 Å². The number of aromatic nitrogens is 1. The van der Waals surface area contributed by atoms with E-state index in [0.717, 1.165) is 6.07 Å². The van der Waals surface area contributed by atoms with Crippen LogP contribution >= 0.6 is 23.2 Å². The highest BCUT2D eigenvalue weighted by atomic mass is 35.5. The Morgan fingerprint density at radius 1 is 1.00 bits per heavy atom. The summed E-state index contributed by atoms with van der Waals surface area (Å²) in [6, 6.07) is 19.6. The van der Waals surface area contributed by atoms with Crippen molar-refractivity contribution in [2.45, 2.75) is 12.7 Å². The molecule has 0 saturated carbocycles. The standard InChI is InChI=1S/C27H15Cl2F4N2O/c28-16-8-10-17(21(29)12-16)14-7-9-18-23(11-14)35(22-6-2-4-19(24(18)22)26(34)36)13-15-3-1-5-20(25(15)30)27(31,32)33/h1-8,10-12H,13H2,(H2,34,36). The van der Waals surface area contributed by atoms with E-state index in [0.29, 0.717) is 49.0 Å². The van der Waals surface area contributed by atoms with Crippen LogP contribution in [0.2, 0.25) is 10.0 Å². The zero-order chi connectivity index (χ0) is 25.8. The highest BCUT2D eigenvalue weighted by molar-refractivity contribution is 6.36. The van der Waals surface area contributed by atoms with Crippen molar-refractivity contribution >= 4 is 50.9 Å². The third-order valence-corrected chi connectivity index (χ3v) is 6.56. The van der Waals surface area contributed by atoms with Gasteiger partial charge in [0.2, 0.25) is 5.91 Å². The Morgan fingerprint density at radius 2 is 1.75 bits per heavy atom. The number of nitrogens with zero attached hydrogens (tertiary/aromatic N) is 1. The maximum atomic E-state index is 15.0. The number of nitrogens with two attached hydrogens (primary N) is 1. The molecule has 9 heteroatoms. The third-order valence-electron chi connectivity index (χ3n) is 6.01. The molecular weight excluding hydrogens is 515 g/mol. The van der Waals surface area contributed by atoms with Crippen molar-refractivity contribution in [1.29, 1.82) is 0 Å². The number of alkyl halides is 3. The molecule has 5 rings (SSSR count). The fourth-order valence-electron chi connectivity index (χ4n) is 4.40. The van der Waals surface area contributed by atoms with Crippen molar-refractivity contribution in [2.24, 2.45) is 5.73 Å². The summed E-state index contributed by atoms with van der Waals surface area (Å²) < 4.78 is 56.6. The van der Waals surface area contributed by atoms with Gasteiger partial charge in [-0.05, 0) is 54.1 Å². The number of carbonyl (C=O) groups excluding carboxylic acids is 1. The second-order valence-electron chi connectivity index (χ2n) is 8.20. The van der Waals surface area contributed by atoms with E-state index < -0.39 is 23.5 Å². The van der Waals surface area contributed by atoms with Crippen LogP contribution in [0, 0.1) is 11.9 Å². The molecule has 36 heavy (non-hydrogen) atoms. The second kappa shape index (κ2) is 8.84. The van der Waals surface area contributed by atoms with Gasteiger partial charge in [0.05, 0.1) is 23.1 Å². The van der Waals surface area contributed by atoms with Crippen LogP contribution in [0.1, 0.15) is 21.5 Å². The molecule has 1 radical (unpaired) electrons. The lowest BCUT2D eigenvalue weighted by molar-refractivity contribution is -0.140.